The molecule has 1 aromatic heterocycles. The van der Waals surface area contributed by atoms with Gasteiger partial charge in [0.2, 0.25) is 0 Å². The molecule has 0 aliphatic carbocycles. The summed E-state index contributed by atoms with van der Waals surface area (Å²) < 4.78 is 0.591. The number of piperidine rings is 1. The molecule has 2 heterocycles. The summed E-state index contributed by atoms with van der Waals surface area (Å²) in [7, 11) is 0. The SMILES string of the molecule is CC(C)(C(=O)O)C1CCCN(C(=O)c2ccc(Cl)s2)C1. The summed E-state index contributed by atoms with van der Waals surface area (Å²) in [5.41, 5.74) is -0.813. The number of rotatable bonds is 3. The molecule has 110 valence electrons. The van der Waals surface area contributed by atoms with Crippen molar-refractivity contribution in [2.45, 2.75) is 26.7 Å². The molecule has 1 aliphatic heterocycles. The number of amides is 1. The normalized spacial score (nSPS) is 19.9. The van der Waals surface area contributed by atoms with E-state index >= 15 is 0 Å². The van der Waals surface area contributed by atoms with Crippen molar-refractivity contribution in [1.29, 1.82) is 0 Å². The zero-order chi connectivity index (χ0) is 14.9. The predicted molar refractivity (Wildman–Crippen MR) is 79.4 cm³/mol. The Morgan fingerprint density at radius 3 is 2.70 bits per heavy atom. The van der Waals surface area contributed by atoms with Gasteiger partial charge < -0.3 is 10.0 Å². The van der Waals surface area contributed by atoms with E-state index in [1.54, 1.807) is 30.9 Å². The Hall–Kier alpha value is -1.07. The molecule has 1 fully saturated rings. The molecule has 0 aromatic carbocycles. The number of carbonyl (C=O) groups excluding carboxylic acids is 1. The first-order valence-electron chi connectivity index (χ1n) is 6.60. The standard InChI is InChI=1S/C14H18ClNO3S/c1-14(2,13(18)19)9-4-3-7-16(8-9)12(17)10-5-6-11(15)20-10/h5-6,9H,3-4,7-8H2,1-2H3,(H,18,19). The van der Waals surface area contributed by atoms with Crippen LogP contribution in [0.2, 0.25) is 4.34 Å². The van der Waals surface area contributed by atoms with Crippen LogP contribution in [0, 0.1) is 11.3 Å². The lowest BCUT2D eigenvalue weighted by atomic mass is 9.74. The highest BCUT2D eigenvalue weighted by Crippen LogP contribution is 2.35. The van der Waals surface area contributed by atoms with E-state index in [4.69, 9.17) is 11.6 Å². The topological polar surface area (TPSA) is 57.6 Å². The molecule has 0 spiro atoms. The van der Waals surface area contributed by atoms with Gasteiger partial charge in [-0.3, -0.25) is 9.59 Å². The third kappa shape index (κ3) is 2.99. The van der Waals surface area contributed by atoms with Crippen molar-refractivity contribution in [2.75, 3.05) is 13.1 Å². The molecule has 1 saturated heterocycles. The second-order valence-corrected chi connectivity index (χ2v) is 7.44. The fraction of sp³-hybridized carbons (Fsp3) is 0.571. The van der Waals surface area contributed by atoms with E-state index in [-0.39, 0.29) is 11.8 Å². The third-order valence-corrected chi connectivity index (χ3v) is 5.28. The van der Waals surface area contributed by atoms with Crippen LogP contribution in [0.5, 0.6) is 0 Å². The minimum atomic E-state index is -0.813. The maximum atomic E-state index is 12.4. The predicted octanol–water partition coefficient (Wildman–Crippen LogP) is 3.36. The summed E-state index contributed by atoms with van der Waals surface area (Å²) in [6, 6.07) is 3.43. The zero-order valence-corrected chi connectivity index (χ0v) is 13.1. The zero-order valence-electron chi connectivity index (χ0n) is 11.6. The second kappa shape index (κ2) is 5.74. The van der Waals surface area contributed by atoms with Gasteiger partial charge in [0, 0.05) is 13.1 Å². The summed E-state index contributed by atoms with van der Waals surface area (Å²) in [4.78, 5) is 26.1. The molecular weight excluding hydrogens is 298 g/mol. The largest absolute Gasteiger partial charge is 0.481 e. The lowest BCUT2D eigenvalue weighted by Gasteiger charge is -2.39. The van der Waals surface area contributed by atoms with Gasteiger partial charge in [-0.2, -0.15) is 0 Å². The number of hydrogen-bond donors (Lipinski definition) is 1. The average molecular weight is 316 g/mol. The number of nitrogens with zero attached hydrogens (tertiary/aromatic N) is 1. The molecule has 1 amide bonds. The molecule has 1 aromatic rings. The number of hydrogen-bond acceptors (Lipinski definition) is 3. The van der Waals surface area contributed by atoms with E-state index < -0.39 is 11.4 Å². The van der Waals surface area contributed by atoms with Gasteiger partial charge in [0.25, 0.3) is 5.91 Å². The average Bonchev–Trinajstić information content (AvgIpc) is 2.84. The summed E-state index contributed by atoms with van der Waals surface area (Å²) in [6.45, 7) is 4.64. The van der Waals surface area contributed by atoms with Gasteiger partial charge in [-0.05, 0) is 44.7 Å². The van der Waals surface area contributed by atoms with E-state index in [2.05, 4.69) is 0 Å². The van der Waals surface area contributed by atoms with Crippen LogP contribution in [-0.4, -0.2) is 35.0 Å². The molecule has 0 radical (unpaired) electrons. The van der Waals surface area contributed by atoms with E-state index in [9.17, 15) is 14.7 Å². The van der Waals surface area contributed by atoms with Gasteiger partial charge in [-0.25, -0.2) is 0 Å². The molecule has 1 atom stereocenters. The Labute approximate surface area is 127 Å². The van der Waals surface area contributed by atoms with Crippen molar-refractivity contribution in [3.63, 3.8) is 0 Å². The fourth-order valence-corrected chi connectivity index (χ4v) is 3.52. The van der Waals surface area contributed by atoms with Crippen molar-refractivity contribution >= 4 is 34.8 Å². The molecule has 1 unspecified atom stereocenters. The number of carboxylic acids is 1. The quantitative estimate of drug-likeness (QED) is 0.930. The lowest BCUT2D eigenvalue weighted by Crippen LogP contribution is -2.46. The van der Waals surface area contributed by atoms with E-state index in [0.29, 0.717) is 22.3 Å². The van der Waals surface area contributed by atoms with Gasteiger partial charge in [-0.1, -0.05) is 11.6 Å². The number of likely N-dealkylation sites (tertiary alicyclic amines) is 1. The summed E-state index contributed by atoms with van der Waals surface area (Å²) in [5, 5.41) is 9.32. The maximum absolute atomic E-state index is 12.4. The molecule has 0 bridgehead atoms. The Kier molecular flexibility index (Phi) is 4.39. The maximum Gasteiger partial charge on any atom is 0.309 e. The highest BCUT2D eigenvalue weighted by atomic mass is 35.5. The molecule has 2 rings (SSSR count). The lowest BCUT2D eigenvalue weighted by molar-refractivity contribution is -0.151. The van der Waals surface area contributed by atoms with Crippen LogP contribution in [0.1, 0.15) is 36.4 Å². The van der Waals surface area contributed by atoms with Crippen molar-refractivity contribution in [2.24, 2.45) is 11.3 Å². The number of halogens is 1. The van der Waals surface area contributed by atoms with Gasteiger partial charge >= 0.3 is 5.97 Å². The fourth-order valence-electron chi connectivity index (χ4n) is 2.51. The highest BCUT2D eigenvalue weighted by Gasteiger charge is 2.40. The Morgan fingerprint density at radius 2 is 2.15 bits per heavy atom. The van der Waals surface area contributed by atoms with Crippen LogP contribution in [0.25, 0.3) is 0 Å². The van der Waals surface area contributed by atoms with E-state index in [0.717, 1.165) is 12.8 Å². The van der Waals surface area contributed by atoms with Crippen LogP contribution in [0.15, 0.2) is 12.1 Å². The molecule has 1 N–H and O–H groups in total. The molecule has 6 heteroatoms. The first-order chi connectivity index (χ1) is 9.32. The Bertz CT molecular complexity index is 526. The van der Waals surface area contributed by atoms with Crippen molar-refractivity contribution in [3.05, 3.63) is 21.3 Å². The van der Waals surface area contributed by atoms with Crippen molar-refractivity contribution in [3.8, 4) is 0 Å². The van der Waals surface area contributed by atoms with Crippen LogP contribution < -0.4 is 0 Å². The smallest absolute Gasteiger partial charge is 0.309 e. The number of aliphatic carboxylic acids is 1. The minimum absolute atomic E-state index is 0.0202. The van der Waals surface area contributed by atoms with E-state index in [1.165, 1.54) is 11.3 Å². The molecule has 20 heavy (non-hydrogen) atoms. The monoisotopic (exact) mass is 315 g/mol. The van der Waals surface area contributed by atoms with Crippen LogP contribution in [-0.2, 0) is 4.79 Å². The molecule has 1 aliphatic rings. The van der Waals surface area contributed by atoms with Crippen LogP contribution in [0.4, 0.5) is 0 Å². The molecule has 0 saturated carbocycles. The molecule has 4 nitrogen and oxygen atoms in total. The first kappa shape index (κ1) is 15.3. The Balaban J connectivity index is 2.11. The number of carbonyl (C=O) groups is 2. The summed E-state index contributed by atoms with van der Waals surface area (Å²) in [6.07, 6.45) is 1.68. The summed E-state index contributed by atoms with van der Waals surface area (Å²) in [5.74, 6) is -0.878. The minimum Gasteiger partial charge on any atom is -0.481 e. The van der Waals surface area contributed by atoms with Gasteiger partial charge in [0.05, 0.1) is 14.6 Å². The number of carboxylic acid groups (broad SMARTS) is 1. The van der Waals surface area contributed by atoms with Crippen molar-refractivity contribution in [1.82, 2.24) is 4.90 Å². The Morgan fingerprint density at radius 1 is 1.45 bits per heavy atom. The van der Waals surface area contributed by atoms with Crippen molar-refractivity contribution < 1.29 is 14.7 Å². The van der Waals surface area contributed by atoms with Crippen LogP contribution in [0.3, 0.4) is 0 Å². The van der Waals surface area contributed by atoms with Crippen LogP contribution >= 0.6 is 22.9 Å². The van der Waals surface area contributed by atoms with Gasteiger partial charge in [0.1, 0.15) is 0 Å². The third-order valence-electron chi connectivity index (χ3n) is 4.06. The molecular formula is C14H18ClNO3S. The highest BCUT2D eigenvalue weighted by molar-refractivity contribution is 7.17. The first-order valence-corrected chi connectivity index (χ1v) is 7.80. The number of thiophene rings is 1. The summed E-state index contributed by atoms with van der Waals surface area (Å²) >= 11 is 7.12. The van der Waals surface area contributed by atoms with Gasteiger partial charge in [0.15, 0.2) is 0 Å². The van der Waals surface area contributed by atoms with Gasteiger partial charge in [-0.15, -0.1) is 11.3 Å². The second-order valence-electron chi connectivity index (χ2n) is 5.72. The van der Waals surface area contributed by atoms with E-state index in [1.807, 2.05) is 0 Å².